The predicted octanol–water partition coefficient (Wildman–Crippen LogP) is 0.680. The van der Waals surface area contributed by atoms with Crippen LogP contribution in [-0.4, -0.2) is 40.5 Å². The third kappa shape index (κ3) is 2.62. The van der Waals surface area contributed by atoms with Crippen LogP contribution < -0.4 is 11.1 Å². The monoisotopic (exact) mass is 262 g/mol. The highest BCUT2D eigenvalue weighted by atomic mass is 16.2. The Morgan fingerprint density at radius 1 is 1.53 bits per heavy atom. The lowest BCUT2D eigenvalue weighted by Gasteiger charge is -2.47. The molecule has 0 bridgehead atoms. The molecule has 0 spiro atoms. The maximum absolute atomic E-state index is 12.1. The summed E-state index contributed by atoms with van der Waals surface area (Å²) in [6, 6.07) is 3.84. The molecule has 0 radical (unpaired) electrons. The van der Waals surface area contributed by atoms with Gasteiger partial charge in [-0.15, -0.1) is 0 Å². The number of piperazine rings is 1. The summed E-state index contributed by atoms with van der Waals surface area (Å²) in [4.78, 5) is 18.4. The number of rotatable bonds is 3. The Hall–Kier alpha value is -1.46. The van der Waals surface area contributed by atoms with Gasteiger partial charge in [0.15, 0.2) is 0 Å². The molecule has 2 heterocycles. The summed E-state index contributed by atoms with van der Waals surface area (Å²) in [6.07, 6.45) is 3.58. The van der Waals surface area contributed by atoms with Gasteiger partial charge in [-0.25, -0.2) is 0 Å². The van der Waals surface area contributed by atoms with E-state index in [0.29, 0.717) is 6.54 Å². The van der Waals surface area contributed by atoms with Gasteiger partial charge in [-0.1, -0.05) is 6.07 Å². The van der Waals surface area contributed by atoms with Gasteiger partial charge in [0.05, 0.1) is 11.6 Å². The number of nitrogens with one attached hydrogen (secondary N) is 1. The molecule has 0 aliphatic carbocycles. The number of amides is 1. The molecule has 1 fully saturated rings. The number of carbonyl (C=O) groups excluding carboxylic acids is 1. The van der Waals surface area contributed by atoms with E-state index in [-0.39, 0.29) is 18.0 Å². The number of hydrogen-bond acceptors (Lipinski definition) is 4. The minimum Gasteiger partial charge on any atom is -0.353 e. The van der Waals surface area contributed by atoms with Crippen LogP contribution >= 0.6 is 0 Å². The summed E-state index contributed by atoms with van der Waals surface area (Å²) in [7, 11) is 0. The van der Waals surface area contributed by atoms with Gasteiger partial charge in [0, 0.05) is 31.5 Å². The number of nitrogens with two attached hydrogens (primary N) is 1. The van der Waals surface area contributed by atoms with Crippen molar-refractivity contribution in [2.24, 2.45) is 5.73 Å². The van der Waals surface area contributed by atoms with Gasteiger partial charge in [-0.3, -0.25) is 14.7 Å². The summed E-state index contributed by atoms with van der Waals surface area (Å²) in [6.45, 7) is 7.30. The van der Waals surface area contributed by atoms with Crippen molar-refractivity contribution in [3.63, 3.8) is 0 Å². The first kappa shape index (κ1) is 14.0. The van der Waals surface area contributed by atoms with Crippen molar-refractivity contribution in [2.45, 2.75) is 38.4 Å². The zero-order valence-corrected chi connectivity index (χ0v) is 11.8. The van der Waals surface area contributed by atoms with Crippen molar-refractivity contribution in [3.8, 4) is 0 Å². The highest BCUT2D eigenvalue weighted by Crippen LogP contribution is 2.31. The van der Waals surface area contributed by atoms with E-state index in [4.69, 9.17) is 5.73 Å². The Bertz CT molecular complexity index is 444. The van der Waals surface area contributed by atoms with Crippen LogP contribution in [0, 0.1) is 0 Å². The van der Waals surface area contributed by atoms with Gasteiger partial charge in [-0.2, -0.15) is 0 Å². The summed E-state index contributed by atoms with van der Waals surface area (Å²) in [5, 5.41) is 2.91. The molecule has 1 aliphatic rings. The Labute approximate surface area is 114 Å². The largest absolute Gasteiger partial charge is 0.353 e. The van der Waals surface area contributed by atoms with Gasteiger partial charge in [0.25, 0.3) is 0 Å². The Kier molecular flexibility index (Phi) is 3.87. The first-order valence-electron chi connectivity index (χ1n) is 6.65. The summed E-state index contributed by atoms with van der Waals surface area (Å²) < 4.78 is 0. The maximum Gasteiger partial charge on any atom is 0.240 e. The van der Waals surface area contributed by atoms with Crippen molar-refractivity contribution in [2.75, 3.05) is 13.1 Å². The van der Waals surface area contributed by atoms with Crippen molar-refractivity contribution < 1.29 is 4.79 Å². The molecule has 2 rings (SSSR count). The Morgan fingerprint density at radius 3 is 2.84 bits per heavy atom. The van der Waals surface area contributed by atoms with Crippen LogP contribution in [0.15, 0.2) is 24.5 Å². The molecule has 0 aromatic carbocycles. The molecule has 5 nitrogen and oxygen atoms in total. The van der Waals surface area contributed by atoms with Gasteiger partial charge in [0.1, 0.15) is 0 Å². The Balaban J connectivity index is 2.37. The van der Waals surface area contributed by atoms with Crippen LogP contribution in [0.2, 0.25) is 0 Å². The number of pyridine rings is 1. The molecule has 1 amide bonds. The van der Waals surface area contributed by atoms with E-state index < -0.39 is 5.54 Å². The fraction of sp³-hybridized carbons (Fsp3) is 0.571. The fourth-order valence-corrected chi connectivity index (χ4v) is 2.72. The van der Waals surface area contributed by atoms with Crippen LogP contribution in [0.25, 0.3) is 0 Å². The van der Waals surface area contributed by atoms with Crippen molar-refractivity contribution in [3.05, 3.63) is 30.1 Å². The molecule has 2 atom stereocenters. The van der Waals surface area contributed by atoms with E-state index in [1.54, 1.807) is 6.20 Å². The molecule has 0 saturated carbocycles. The molecule has 1 aromatic rings. The lowest BCUT2D eigenvalue weighted by Crippen LogP contribution is -2.64. The van der Waals surface area contributed by atoms with Gasteiger partial charge < -0.3 is 11.1 Å². The zero-order chi connectivity index (χ0) is 14.0. The number of aromatic nitrogens is 1. The average Bonchev–Trinajstić information content (AvgIpc) is 2.36. The fourth-order valence-electron chi connectivity index (χ4n) is 2.72. The van der Waals surface area contributed by atoms with E-state index >= 15 is 0 Å². The molecule has 3 N–H and O–H groups in total. The topological polar surface area (TPSA) is 71.2 Å². The second-order valence-corrected chi connectivity index (χ2v) is 5.60. The number of nitrogens with zero attached hydrogens (tertiary/aromatic N) is 2. The van der Waals surface area contributed by atoms with Crippen molar-refractivity contribution >= 4 is 5.91 Å². The zero-order valence-electron chi connectivity index (χ0n) is 11.8. The molecule has 1 aromatic heterocycles. The molecular formula is C14H22N4O. The van der Waals surface area contributed by atoms with Gasteiger partial charge >= 0.3 is 0 Å². The van der Waals surface area contributed by atoms with E-state index in [1.807, 2.05) is 39.1 Å². The second kappa shape index (κ2) is 5.27. The predicted molar refractivity (Wildman–Crippen MR) is 74.4 cm³/mol. The second-order valence-electron chi connectivity index (χ2n) is 5.60. The first-order valence-corrected chi connectivity index (χ1v) is 6.65. The maximum atomic E-state index is 12.1. The Morgan fingerprint density at radius 2 is 2.26 bits per heavy atom. The van der Waals surface area contributed by atoms with Crippen molar-refractivity contribution in [1.82, 2.24) is 15.2 Å². The molecule has 1 aliphatic heterocycles. The lowest BCUT2D eigenvalue weighted by molar-refractivity contribution is -0.137. The highest BCUT2D eigenvalue weighted by Gasteiger charge is 2.42. The van der Waals surface area contributed by atoms with E-state index in [9.17, 15) is 4.79 Å². The van der Waals surface area contributed by atoms with Crippen LogP contribution in [0.1, 0.15) is 32.4 Å². The van der Waals surface area contributed by atoms with Gasteiger partial charge in [0.2, 0.25) is 5.91 Å². The first-order chi connectivity index (χ1) is 8.94. The lowest BCUT2D eigenvalue weighted by atomic mass is 9.91. The molecule has 19 heavy (non-hydrogen) atoms. The average molecular weight is 262 g/mol. The molecule has 104 valence electrons. The third-order valence-corrected chi connectivity index (χ3v) is 3.77. The van der Waals surface area contributed by atoms with Crippen LogP contribution in [-0.2, 0) is 4.79 Å². The highest BCUT2D eigenvalue weighted by molar-refractivity contribution is 5.86. The molecule has 1 saturated heterocycles. The SMILES string of the molecule is CC(N)C(c1cccnc1)N1CCNC(=O)C1(C)C. The normalized spacial score (nSPS) is 22.6. The molecule has 5 heteroatoms. The minimum absolute atomic E-state index is 0.00486. The van der Waals surface area contributed by atoms with Crippen molar-refractivity contribution in [1.29, 1.82) is 0 Å². The summed E-state index contributed by atoms with van der Waals surface area (Å²) in [5.74, 6) is 0.0493. The van der Waals surface area contributed by atoms with E-state index in [2.05, 4.69) is 15.2 Å². The third-order valence-electron chi connectivity index (χ3n) is 3.77. The quantitative estimate of drug-likeness (QED) is 0.840. The summed E-state index contributed by atoms with van der Waals surface area (Å²) >= 11 is 0. The van der Waals surface area contributed by atoms with Crippen LogP contribution in [0.4, 0.5) is 0 Å². The minimum atomic E-state index is -0.563. The molecule has 2 unspecified atom stereocenters. The smallest absolute Gasteiger partial charge is 0.240 e. The van der Waals surface area contributed by atoms with Gasteiger partial charge in [-0.05, 0) is 32.4 Å². The molecular weight excluding hydrogens is 240 g/mol. The summed E-state index contributed by atoms with van der Waals surface area (Å²) in [5.41, 5.74) is 6.66. The number of carbonyl (C=O) groups is 1. The number of hydrogen-bond donors (Lipinski definition) is 2. The van der Waals surface area contributed by atoms with E-state index in [0.717, 1.165) is 12.1 Å². The van der Waals surface area contributed by atoms with E-state index in [1.165, 1.54) is 0 Å². The standard InChI is InChI=1S/C14H22N4O/c1-10(15)12(11-5-4-6-16-9-11)18-8-7-17-13(19)14(18,2)3/h4-6,9-10,12H,7-8,15H2,1-3H3,(H,17,19). The van der Waals surface area contributed by atoms with Crippen LogP contribution in [0.5, 0.6) is 0 Å². The van der Waals surface area contributed by atoms with Crippen LogP contribution in [0.3, 0.4) is 0 Å².